The number of Topliss-reactive ketones (excluding diaryl/α,β-unsaturated/α-hetero) is 1. The molecule has 1 aromatic rings. The van der Waals surface area contributed by atoms with E-state index in [9.17, 15) is 9.59 Å². The average Bonchev–Trinajstić information content (AvgIpc) is 2.39. The number of fused-ring (bicyclic) bond motifs is 1. The van der Waals surface area contributed by atoms with E-state index in [0.717, 1.165) is 5.56 Å². The maximum Gasteiger partial charge on any atom is 0.228 e. The second kappa shape index (κ2) is 5.24. The molecule has 0 amide bonds. The fraction of sp³-hybridized carbons (Fsp3) is 0.286. The van der Waals surface area contributed by atoms with Gasteiger partial charge >= 0.3 is 0 Å². The van der Waals surface area contributed by atoms with E-state index in [1.807, 2.05) is 6.92 Å². The molecule has 0 unspecified atom stereocenters. The third kappa shape index (κ3) is 2.37. The Balaban J connectivity index is 2.56. The number of carbonyl (C=O) groups excluding carboxylic acids is 2. The topological polar surface area (TPSA) is 61.8 Å². The minimum atomic E-state index is -0.317. The summed E-state index contributed by atoms with van der Waals surface area (Å²) in [7, 11) is 2.85. The van der Waals surface area contributed by atoms with Gasteiger partial charge in [0.25, 0.3) is 0 Å². The van der Waals surface area contributed by atoms with Crippen LogP contribution in [0.2, 0.25) is 0 Å². The zero-order valence-electron chi connectivity index (χ0n) is 11.0. The van der Waals surface area contributed by atoms with Crippen molar-refractivity contribution in [1.29, 1.82) is 0 Å². The Hall–Kier alpha value is -2.14. The number of allylic oxidation sites excluding steroid dienone is 2. The number of ether oxygens (including phenoxy) is 3. The van der Waals surface area contributed by atoms with Gasteiger partial charge in [0.2, 0.25) is 5.78 Å². The minimum Gasteiger partial charge on any atom is -0.492 e. The smallest absolute Gasteiger partial charge is 0.228 e. The first-order valence-corrected chi connectivity index (χ1v) is 5.69. The van der Waals surface area contributed by atoms with Crippen LogP contribution in [-0.2, 0) is 9.47 Å². The Morgan fingerprint density at radius 2 is 1.89 bits per heavy atom. The van der Waals surface area contributed by atoms with Crippen LogP contribution in [0.1, 0.15) is 26.3 Å². The van der Waals surface area contributed by atoms with Gasteiger partial charge in [0, 0.05) is 18.7 Å². The van der Waals surface area contributed by atoms with E-state index < -0.39 is 0 Å². The van der Waals surface area contributed by atoms with E-state index in [0.29, 0.717) is 11.3 Å². The van der Waals surface area contributed by atoms with Gasteiger partial charge in [-0.05, 0) is 24.6 Å². The number of hydrogen-bond acceptors (Lipinski definition) is 5. The molecular weight excluding hydrogens is 248 g/mol. The highest BCUT2D eigenvalue weighted by atomic mass is 16.7. The first-order valence-electron chi connectivity index (χ1n) is 5.69. The van der Waals surface area contributed by atoms with Crippen LogP contribution in [0.4, 0.5) is 0 Å². The summed E-state index contributed by atoms with van der Waals surface area (Å²) in [5.74, 6) is -0.233. The summed E-state index contributed by atoms with van der Waals surface area (Å²) in [5, 5.41) is 0. The van der Waals surface area contributed by atoms with Crippen molar-refractivity contribution in [3.05, 3.63) is 40.7 Å². The van der Waals surface area contributed by atoms with Crippen molar-refractivity contribution in [2.75, 3.05) is 21.0 Å². The zero-order valence-corrected chi connectivity index (χ0v) is 11.0. The Morgan fingerprint density at radius 1 is 1.16 bits per heavy atom. The van der Waals surface area contributed by atoms with Gasteiger partial charge in [0.15, 0.2) is 18.3 Å². The highest BCUT2D eigenvalue weighted by Gasteiger charge is 2.29. The summed E-state index contributed by atoms with van der Waals surface area (Å²) in [4.78, 5) is 24.2. The number of benzene rings is 1. The van der Waals surface area contributed by atoms with Gasteiger partial charge in [-0.25, -0.2) is 0 Å². The summed E-state index contributed by atoms with van der Waals surface area (Å²) in [6, 6.07) is 3.36. The zero-order chi connectivity index (χ0) is 14.0. The van der Waals surface area contributed by atoms with Crippen molar-refractivity contribution < 1.29 is 23.8 Å². The lowest BCUT2D eigenvalue weighted by molar-refractivity contribution is 0.0501. The molecule has 0 saturated carbocycles. The Kier molecular flexibility index (Phi) is 3.66. The molecule has 5 nitrogen and oxygen atoms in total. The molecule has 0 bridgehead atoms. The molecule has 0 N–H and O–H groups in total. The number of hydrogen-bond donors (Lipinski definition) is 0. The molecule has 1 aromatic carbocycles. The number of aryl methyl sites for hydroxylation is 1. The molecule has 0 spiro atoms. The van der Waals surface area contributed by atoms with Crippen LogP contribution in [0, 0.1) is 6.92 Å². The van der Waals surface area contributed by atoms with Crippen LogP contribution in [-0.4, -0.2) is 32.6 Å². The van der Waals surface area contributed by atoms with Gasteiger partial charge in [-0.1, -0.05) is 0 Å². The van der Waals surface area contributed by atoms with Gasteiger partial charge in [-0.15, -0.1) is 0 Å². The molecule has 1 aliphatic rings. The summed E-state index contributed by atoms with van der Waals surface area (Å²) >= 11 is 0. The molecule has 0 atom stereocenters. The van der Waals surface area contributed by atoms with Gasteiger partial charge in [0.05, 0.1) is 12.7 Å². The van der Waals surface area contributed by atoms with Gasteiger partial charge in [-0.2, -0.15) is 0 Å². The quantitative estimate of drug-likeness (QED) is 0.775. The summed E-state index contributed by atoms with van der Waals surface area (Å²) in [6.45, 7) is 1.83. The maximum atomic E-state index is 12.1. The molecule has 5 heteroatoms. The van der Waals surface area contributed by atoms with Crippen LogP contribution < -0.4 is 4.74 Å². The monoisotopic (exact) mass is 262 g/mol. The molecule has 0 radical (unpaired) electrons. The third-order valence-electron chi connectivity index (χ3n) is 2.78. The molecule has 0 heterocycles. The molecule has 1 aliphatic carbocycles. The van der Waals surface area contributed by atoms with E-state index >= 15 is 0 Å². The van der Waals surface area contributed by atoms with Crippen LogP contribution >= 0.6 is 0 Å². The summed E-state index contributed by atoms with van der Waals surface area (Å²) in [5.41, 5.74) is 1.38. The molecule has 0 aliphatic heterocycles. The third-order valence-corrected chi connectivity index (χ3v) is 2.78. The van der Waals surface area contributed by atoms with Gasteiger partial charge in [0.1, 0.15) is 5.75 Å². The standard InChI is InChI=1S/C14H14O5/c1-8-4-9-13(11(5-8)19-7-17-2)10(15)6-12(18-3)14(9)16/h4-6H,7H2,1-3H3. The predicted octanol–water partition coefficient (Wildman–Crippen LogP) is 1.89. The first kappa shape index (κ1) is 13.3. The van der Waals surface area contributed by atoms with Gasteiger partial charge in [-0.3, -0.25) is 9.59 Å². The summed E-state index contributed by atoms with van der Waals surface area (Å²) < 4.78 is 15.1. The number of methoxy groups -OCH3 is 2. The predicted molar refractivity (Wildman–Crippen MR) is 67.4 cm³/mol. The van der Waals surface area contributed by atoms with E-state index in [4.69, 9.17) is 14.2 Å². The van der Waals surface area contributed by atoms with E-state index in [-0.39, 0.29) is 29.7 Å². The van der Waals surface area contributed by atoms with Crippen LogP contribution in [0.25, 0.3) is 0 Å². The Bertz CT molecular complexity index is 571. The number of ketones is 2. The van der Waals surface area contributed by atoms with E-state index in [2.05, 4.69) is 0 Å². The molecule has 100 valence electrons. The first-order chi connectivity index (χ1) is 9.08. The van der Waals surface area contributed by atoms with Crippen LogP contribution in [0.5, 0.6) is 5.75 Å². The average molecular weight is 262 g/mol. The lowest BCUT2D eigenvalue weighted by Crippen LogP contribution is -2.19. The molecule has 19 heavy (non-hydrogen) atoms. The highest BCUT2D eigenvalue weighted by Crippen LogP contribution is 2.31. The molecule has 2 rings (SSSR count). The Labute approximate surface area is 110 Å². The fourth-order valence-corrected chi connectivity index (χ4v) is 1.96. The van der Waals surface area contributed by atoms with Crippen molar-refractivity contribution in [1.82, 2.24) is 0 Å². The lowest BCUT2D eigenvalue weighted by Gasteiger charge is -2.18. The fourth-order valence-electron chi connectivity index (χ4n) is 1.96. The molecular formula is C14H14O5. The highest BCUT2D eigenvalue weighted by molar-refractivity contribution is 6.24. The van der Waals surface area contributed by atoms with Crippen molar-refractivity contribution in [2.45, 2.75) is 6.92 Å². The second-order valence-corrected chi connectivity index (χ2v) is 4.14. The SMILES string of the molecule is COCOc1cc(C)cc2c1C(=O)C=C(OC)C2=O. The molecule has 0 aromatic heterocycles. The maximum absolute atomic E-state index is 12.1. The second-order valence-electron chi connectivity index (χ2n) is 4.14. The normalized spacial score (nSPS) is 13.9. The van der Waals surface area contributed by atoms with Crippen molar-refractivity contribution in [2.24, 2.45) is 0 Å². The number of rotatable bonds is 4. The van der Waals surface area contributed by atoms with Crippen molar-refractivity contribution >= 4 is 11.6 Å². The van der Waals surface area contributed by atoms with Crippen LogP contribution in [0.3, 0.4) is 0 Å². The van der Waals surface area contributed by atoms with Crippen LogP contribution in [0.15, 0.2) is 24.0 Å². The minimum absolute atomic E-state index is 0.0121. The van der Waals surface area contributed by atoms with Crippen molar-refractivity contribution in [3.63, 3.8) is 0 Å². The van der Waals surface area contributed by atoms with Crippen molar-refractivity contribution in [3.8, 4) is 5.75 Å². The largest absolute Gasteiger partial charge is 0.492 e. The Morgan fingerprint density at radius 3 is 2.53 bits per heavy atom. The van der Waals surface area contributed by atoms with E-state index in [1.165, 1.54) is 20.3 Å². The lowest BCUT2D eigenvalue weighted by atomic mass is 9.91. The summed E-state index contributed by atoms with van der Waals surface area (Å²) in [6.07, 6.45) is 1.18. The molecule has 0 fully saturated rings. The molecule has 0 saturated heterocycles. The van der Waals surface area contributed by atoms with Gasteiger partial charge < -0.3 is 14.2 Å². The number of carbonyl (C=O) groups is 2. The van der Waals surface area contributed by atoms with E-state index in [1.54, 1.807) is 12.1 Å².